The number of hydrogen-bond acceptors (Lipinski definition) is 4. The van der Waals surface area contributed by atoms with E-state index in [2.05, 4.69) is 20.3 Å². The van der Waals surface area contributed by atoms with Crippen LogP contribution in [0.25, 0.3) is 11.5 Å². The molecule has 6 heteroatoms. The van der Waals surface area contributed by atoms with Gasteiger partial charge >= 0.3 is 0 Å². The highest BCUT2D eigenvalue weighted by atomic mass is 16.2. The highest BCUT2D eigenvalue weighted by Crippen LogP contribution is 2.12. The molecule has 0 saturated heterocycles. The molecule has 3 aromatic rings. The van der Waals surface area contributed by atoms with E-state index in [9.17, 15) is 9.59 Å². The summed E-state index contributed by atoms with van der Waals surface area (Å²) in [6.45, 7) is 1.86. The van der Waals surface area contributed by atoms with E-state index < -0.39 is 11.5 Å². The number of amides is 1. The van der Waals surface area contributed by atoms with Crippen LogP contribution in [0, 0.1) is 0 Å². The maximum atomic E-state index is 12.3. The van der Waals surface area contributed by atoms with Crippen LogP contribution in [-0.4, -0.2) is 20.9 Å². The molecule has 6 nitrogen and oxygen atoms in total. The van der Waals surface area contributed by atoms with Crippen LogP contribution in [0.2, 0.25) is 0 Å². The highest BCUT2D eigenvalue weighted by molar-refractivity contribution is 5.93. The molecule has 3 rings (SSSR count). The summed E-state index contributed by atoms with van der Waals surface area (Å²) in [5.74, 6) is -0.138. The van der Waals surface area contributed by atoms with Crippen LogP contribution in [-0.2, 0) is 0 Å². The molecule has 1 amide bonds. The zero-order chi connectivity index (χ0) is 16.9. The first kappa shape index (κ1) is 15.6. The lowest BCUT2D eigenvalue weighted by Gasteiger charge is -2.13. The number of rotatable bonds is 4. The van der Waals surface area contributed by atoms with Crippen molar-refractivity contribution in [2.24, 2.45) is 0 Å². The first-order valence-corrected chi connectivity index (χ1v) is 7.51. The molecule has 0 unspecified atom stereocenters. The second-order valence-electron chi connectivity index (χ2n) is 5.30. The number of aromatic amines is 1. The van der Waals surface area contributed by atoms with Gasteiger partial charge in [0.15, 0.2) is 5.82 Å². The predicted molar refractivity (Wildman–Crippen MR) is 90.4 cm³/mol. The number of benzene rings is 1. The van der Waals surface area contributed by atoms with Gasteiger partial charge in [-0.1, -0.05) is 36.4 Å². The molecule has 1 aromatic carbocycles. The van der Waals surface area contributed by atoms with Gasteiger partial charge in [-0.25, -0.2) is 4.98 Å². The Balaban J connectivity index is 1.80. The fourth-order valence-electron chi connectivity index (χ4n) is 2.29. The third-order valence-corrected chi connectivity index (χ3v) is 3.60. The minimum atomic E-state index is -0.497. The maximum Gasteiger partial charge on any atom is 0.264 e. The quantitative estimate of drug-likeness (QED) is 0.772. The van der Waals surface area contributed by atoms with E-state index in [0.29, 0.717) is 11.5 Å². The zero-order valence-corrected chi connectivity index (χ0v) is 13.1. The minimum Gasteiger partial charge on any atom is -0.345 e. The predicted octanol–water partition coefficient (Wildman–Crippen LogP) is 2.32. The van der Waals surface area contributed by atoms with Crippen molar-refractivity contribution < 1.29 is 4.79 Å². The summed E-state index contributed by atoms with van der Waals surface area (Å²) in [7, 11) is 0. The maximum absolute atomic E-state index is 12.3. The fraction of sp³-hybridized carbons (Fsp3) is 0.111. The van der Waals surface area contributed by atoms with Gasteiger partial charge in [-0.2, -0.15) is 0 Å². The van der Waals surface area contributed by atoms with E-state index in [1.807, 2.05) is 37.3 Å². The molecule has 2 aromatic heterocycles. The number of nitrogens with one attached hydrogen (secondary N) is 2. The van der Waals surface area contributed by atoms with Crippen molar-refractivity contribution in [1.82, 2.24) is 20.3 Å². The molecule has 2 heterocycles. The monoisotopic (exact) mass is 320 g/mol. The van der Waals surface area contributed by atoms with Gasteiger partial charge in [-0.15, -0.1) is 0 Å². The van der Waals surface area contributed by atoms with Crippen molar-refractivity contribution in [1.29, 1.82) is 0 Å². The number of aromatic nitrogens is 3. The van der Waals surface area contributed by atoms with E-state index >= 15 is 0 Å². The molecule has 0 spiro atoms. The molecule has 0 fully saturated rings. The van der Waals surface area contributed by atoms with Crippen molar-refractivity contribution in [2.45, 2.75) is 13.0 Å². The van der Waals surface area contributed by atoms with Crippen LogP contribution < -0.4 is 10.9 Å². The highest BCUT2D eigenvalue weighted by Gasteiger charge is 2.15. The number of H-pyrrole nitrogens is 1. The Morgan fingerprint density at radius 2 is 1.83 bits per heavy atom. The fourth-order valence-corrected chi connectivity index (χ4v) is 2.29. The van der Waals surface area contributed by atoms with Crippen LogP contribution >= 0.6 is 0 Å². The minimum absolute atomic E-state index is 0.0301. The van der Waals surface area contributed by atoms with Gasteiger partial charge in [0.1, 0.15) is 11.3 Å². The Bertz CT molecular complexity index is 892. The first-order valence-electron chi connectivity index (χ1n) is 7.51. The molecule has 1 atom stereocenters. The van der Waals surface area contributed by atoms with Gasteiger partial charge in [-0.05, 0) is 24.6 Å². The normalized spacial score (nSPS) is 11.7. The number of hydrogen-bond donors (Lipinski definition) is 2. The Labute approximate surface area is 138 Å². The van der Waals surface area contributed by atoms with Crippen molar-refractivity contribution in [3.63, 3.8) is 0 Å². The van der Waals surface area contributed by atoms with E-state index in [1.54, 1.807) is 24.4 Å². The molecule has 0 radical (unpaired) electrons. The molecule has 0 saturated carbocycles. The molecule has 0 aliphatic heterocycles. The van der Waals surface area contributed by atoms with Crippen molar-refractivity contribution in [2.75, 3.05) is 0 Å². The van der Waals surface area contributed by atoms with Crippen molar-refractivity contribution in [3.05, 3.63) is 82.4 Å². The van der Waals surface area contributed by atoms with Crippen LogP contribution in [0.3, 0.4) is 0 Å². The molecule has 0 bridgehead atoms. The molecule has 120 valence electrons. The third kappa shape index (κ3) is 3.38. The van der Waals surface area contributed by atoms with E-state index in [1.165, 1.54) is 6.20 Å². The second kappa shape index (κ2) is 6.87. The van der Waals surface area contributed by atoms with Gasteiger partial charge in [0.25, 0.3) is 11.5 Å². The molecule has 0 aliphatic carbocycles. The second-order valence-corrected chi connectivity index (χ2v) is 5.30. The summed E-state index contributed by atoms with van der Waals surface area (Å²) in [5.41, 5.74) is 0.973. The van der Waals surface area contributed by atoms with Crippen LogP contribution in [0.4, 0.5) is 0 Å². The van der Waals surface area contributed by atoms with Gasteiger partial charge in [0.2, 0.25) is 0 Å². The molecular formula is C18H16N4O2. The molecular weight excluding hydrogens is 304 g/mol. The lowest BCUT2D eigenvalue weighted by atomic mass is 10.1. The number of carbonyl (C=O) groups is 1. The summed E-state index contributed by atoms with van der Waals surface area (Å²) in [6, 6.07) is 14.6. The Kier molecular flexibility index (Phi) is 4.47. The summed E-state index contributed by atoms with van der Waals surface area (Å²) in [4.78, 5) is 35.3. The lowest BCUT2D eigenvalue weighted by Crippen LogP contribution is -2.32. The summed E-state index contributed by atoms with van der Waals surface area (Å²) in [6.07, 6.45) is 2.88. The van der Waals surface area contributed by atoms with Gasteiger partial charge in [0, 0.05) is 12.4 Å². The molecule has 0 aliphatic rings. The smallest absolute Gasteiger partial charge is 0.264 e. The van der Waals surface area contributed by atoms with Crippen LogP contribution in [0.5, 0.6) is 0 Å². The van der Waals surface area contributed by atoms with E-state index in [4.69, 9.17) is 0 Å². The van der Waals surface area contributed by atoms with Crippen LogP contribution in [0.15, 0.2) is 65.7 Å². The average Bonchev–Trinajstić information content (AvgIpc) is 2.63. The Hall–Kier alpha value is -3.28. The lowest BCUT2D eigenvalue weighted by molar-refractivity contribution is 0.0938. The third-order valence-electron chi connectivity index (χ3n) is 3.60. The first-order chi connectivity index (χ1) is 11.6. The summed E-state index contributed by atoms with van der Waals surface area (Å²) >= 11 is 0. The van der Waals surface area contributed by atoms with Crippen LogP contribution in [0.1, 0.15) is 28.9 Å². The Morgan fingerprint density at radius 1 is 1.08 bits per heavy atom. The largest absolute Gasteiger partial charge is 0.345 e. The van der Waals surface area contributed by atoms with Gasteiger partial charge < -0.3 is 10.3 Å². The van der Waals surface area contributed by atoms with Crippen molar-refractivity contribution >= 4 is 5.91 Å². The number of carbonyl (C=O) groups excluding carboxylic acids is 1. The topological polar surface area (TPSA) is 87.7 Å². The van der Waals surface area contributed by atoms with Gasteiger partial charge in [-0.3, -0.25) is 14.6 Å². The summed E-state index contributed by atoms with van der Waals surface area (Å²) in [5, 5.41) is 2.80. The molecule has 24 heavy (non-hydrogen) atoms. The summed E-state index contributed by atoms with van der Waals surface area (Å²) < 4.78 is 0. The number of nitrogens with zero attached hydrogens (tertiary/aromatic N) is 2. The van der Waals surface area contributed by atoms with E-state index in [0.717, 1.165) is 5.56 Å². The Morgan fingerprint density at radius 3 is 2.50 bits per heavy atom. The van der Waals surface area contributed by atoms with Crippen molar-refractivity contribution in [3.8, 4) is 11.5 Å². The SMILES string of the molecule is C[C@H](NC(=O)c1cnc(-c2ccccn2)[nH]c1=O)c1ccccc1. The zero-order valence-electron chi connectivity index (χ0n) is 13.1. The molecule has 2 N–H and O–H groups in total. The van der Waals surface area contributed by atoms with Gasteiger partial charge in [0.05, 0.1) is 6.04 Å². The average molecular weight is 320 g/mol. The van der Waals surface area contributed by atoms with E-state index in [-0.39, 0.29) is 11.6 Å². The standard InChI is InChI=1S/C18H16N4O2/c1-12(13-7-3-2-4-8-13)21-17(23)14-11-20-16(22-18(14)24)15-9-5-6-10-19-15/h2-12H,1H3,(H,21,23)(H,20,22,24)/t12-/m0/s1. The number of pyridine rings is 1.